The van der Waals surface area contributed by atoms with Crippen LogP contribution in [-0.4, -0.2) is 80.7 Å². The van der Waals surface area contributed by atoms with Gasteiger partial charge in [0.2, 0.25) is 5.91 Å². The van der Waals surface area contributed by atoms with Crippen molar-refractivity contribution in [1.82, 2.24) is 20.4 Å². The number of nitrogens with zero attached hydrogens (tertiary/aromatic N) is 3. The third kappa shape index (κ3) is 7.56. The van der Waals surface area contributed by atoms with Crippen LogP contribution in [0.1, 0.15) is 53.4 Å². The molecule has 2 amide bonds. The number of guanidine groups is 1. The van der Waals surface area contributed by atoms with E-state index in [2.05, 4.69) is 15.6 Å². The highest BCUT2D eigenvalue weighted by Crippen LogP contribution is 2.39. The van der Waals surface area contributed by atoms with Gasteiger partial charge in [0.1, 0.15) is 5.60 Å². The predicted octanol–water partition coefficient (Wildman–Crippen LogP) is 2.06. The number of hydrogen-bond acceptors (Lipinski definition) is 4. The van der Waals surface area contributed by atoms with Gasteiger partial charge in [0.15, 0.2) is 5.96 Å². The number of ether oxygens (including phenoxy) is 1. The SMILES string of the molecule is CCNC(=NCC1(C(=O)N(C)C)CCCC1)NCCN(C)C(=O)OC(C)(C)C. The van der Waals surface area contributed by atoms with Crippen LogP contribution >= 0.6 is 0 Å². The average molecular weight is 398 g/mol. The molecule has 0 aliphatic heterocycles. The normalized spacial score (nSPS) is 16.5. The van der Waals surface area contributed by atoms with Crippen molar-refractivity contribution in [2.24, 2.45) is 10.4 Å². The van der Waals surface area contributed by atoms with Crippen molar-refractivity contribution in [2.45, 2.75) is 59.0 Å². The van der Waals surface area contributed by atoms with E-state index in [0.717, 1.165) is 32.2 Å². The molecule has 28 heavy (non-hydrogen) atoms. The Labute approximate surface area is 170 Å². The van der Waals surface area contributed by atoms with Gasteiger partial charge in [-0.05, 0) is 40.5 Å². The van der Waals surface area contributed by atoms with Crippen LogP contribution in [0.3, 0.4) is 0 Å². The van der Waals surface area contributed by atoms with E-state index in [1.807, 2.05) is 41.8 Å². The van der Waals surface area contributed by atoms with Crippen molar-refractivity contribution in [2.75, 3.05) is 47.3 Å². The van der Waals surface area contributed by atoms with Crippen molar-refractivity contribution in [3.63, 3.8) is 0 Å². The molecule has 1 aliphatic rings. The Morgan fingerprint density at radius 2 is 1.71 bits per heavy atom. The summed E-state index contributed by atoms with van der Waals surface area (Å²) in [4.78, 5) is 32.6. The summed E-state index contributed by atoms with van der Waals surface area (Å²) in [5.41, 5.74) is -0.900. The minimum absolute atomic E-state index is 0.161. The first-order chi connectivity index (χ1) is 13.0. The summed E-state index contributed by atoms with van der Waals surface area (Å²) in [7, 11) is 5.33. The summed E-state index contributed by atoms with van der Waals surface area (Å²) in [6, 6.07) is 0. The standard InChI is InChI=1S/C20H39N5O3/c1-8-21-17(22-13-14-25(7)18(27)28-19(2,3)4)23-15-20(11-9-10-12-20)16(26)24(5)6/h8-15H2,1-7H3,(H2,21,22,23). The monoisotopic (exact) mass is 397 g/mol. The number of likely N-dealkylation sites (N-methyl/N-ethyl adjacent to an activating group) is 1. The Morgan fingerprint density at radius 3 is 2.21 bits per heavy atom. The number of carbonyl (C=O) groups is 2. The molecule has 1 fully saturated rings. The number of aliphatic imine (C=N–C) groups is 1. The average Bonchev–Trinajstić information content (AvgIpc) is 3.07. The first kappa shape index (κ1) is 24.0. The Balaban J connectivity index is 2.64. The quantitative estimate of drug-likeness (QED) is 0.507. The summed E-state index contributed by atoms with van der Waals surface area (Å²) in [6.07, 6.45) is 3.56. The van der Waals surface area contributed by atoms with E-state index in [-0.39, 0.29) is 17.4 Å². The molecule has 0 aromatic heterocycles. The van der Waals surface area contributed by atoms with Crippen molar-refractivity contribution in [3.8, 4) is 0 Å². The number of nitrogens with one attached hydrogen (secondary N) is 2. The van der Waals surface area contributed by atoms with E-state index in [9.17, 15) is 9.59 Å². The Kier molecular flexibility index (Phi) is 9.04. The fourth-order valence-corrected chi connectivity index (χ4v) is 3.31. The molecule has 0 atom stereocenters. The molecule has 8 nitrogen and oxygen atoms in total. The summed E-state index contributed by atoms with van der Waals surface area (Å²) in [5.74, 6) is 0.826. The van der Waals surface area contributed by atoms with Gasteiger partial charge in [-0.3, -0.25) is 9.79 Å². The lowest BCUT2D eigenvalue weighted by atomic mass is 9.85. The number of amides is 2. The van der Waals surface area contributed by atoms with Gasteiger partial charge in [-0.1, -0.05) is 12.8 Å². The van der Waals surface area contributed by atoms with E-state index in [0.29, 0.717) is 25.6 Å². The molecule has 0 aromatic rings. The highest BCUT2D eigenvalue weighted by Gasteiger charge is 2.42. The second kappa shape index (κ2) is 10.5. The Hall–Kier alpha value is -1.99. The van der Waals surface area contributed by atoms with Crippen LogP contribution in [0.5, 0.6) is 0 Å². The van der Waals surface area contributed by atoms with E-state index in [1.165, 1.54) is 4.90 Å². The second-order valence-corrected chi connectivity index (χ2v) is 8.71. The van der Waals surface area contributed by atoms with Crippen molar-refractivity contribution >= 4 is 18.0 Å². The van der Waals surface area contributed by atoms with Gasteiger partial charge in [-0.2, -0.15) is 0 Å². The molecule has 0 radical (unpaired) electrons. The molecule has 0 saturated heterocycles. The fraction of sp³-hybridized carbons (Fsp3) is 0.850. The zero-order valence-electron chi connectivity index (χ0n) is 18.7. The molecule has 2 N–H and O–H groups in total. The lowest BCUT2D eigenvalue weighted by molar-refractivity contribution is -0.138. The van der Waals surface area contributed by atoms with E-state index in [4.69, 9.17) is 4.74 Å². The number of carbonyl (C=O) groups excluding carboxylic acids is 2. The molecule has 0 heterocycles. The maximum Gasteiger partial charge on any atom is 0.410 e. The molecule has 1 saturated carbocycles. The summed E-state index contributed by atoms with van der Waals surface area (Å²) >= 11 is 0. The van der Waals surface area contributed by atoms with Gasteiger partial charge in [0.05, 0.1) is 12.0 Å². The Bertz CT molecular complexity index is 549. The first-order valence-electron chi connectivity index (χ1n) is 10.2. The van der Waals surface area contributed by atoms with Crippen molar-refractivity contribution in [3.05, 3.63) is 0 Å². The molecule has 8 heteroatoms. The van der Waals surface area contributed by atoms with Crippen LogP contribution in [0.2, 0.25) is 0 Å². The van der Waals surface area contributed by atoms with Gasteiger partial charge in [-0.25, -0.2) is 4.79 Å². The van der Waals surface area contributed by atoms with Crippen LogP contribution in [0.4, 0.5) is 4.79 Å². The lowest BCUT2D eigenvalue weighted by Gasteiger charge is -2.29. The van der Waals surface area contributed by atoms with Gasteiger partial charge in [-0.15, -0.1) is 0 Å². The molecular weight excluding hydrogens is 358 g/mol. The van der Waals surface area contributed by atoms with Gasteiger partial charge >= 0.3 is 6.09 Å². The summed E-state index contributed by atoms with van der Waals surface area (Å²) < 4.78 is 5.35. The van der Waals surface area contributed by atoms with Crippen molar-refractivity contribution in [1.29, 1.82) is 0 Å². The minimum Gasteiger partial charge on any atom is -0.444 e. The van der Waals surface area contributed by atoms with Crippen LogP contribution in [-0.2, 0) is 9.53 Å². The van der Waals surface area contributed by atoms with E-state index >= 15 is 0 Å². The maximum atomic E-state index is 12.7. The third-order valence-corrected chi connectivity index (χ3v) is 4.75. The topological polar surface area (TPSA) is 86.3 Å². The molecule has 162 valence electrons. The van der Waals surface area contributed by atoms with Crippen LogP contribution < -0.4 is 10.6 Å². The van der Waals surface area contributed by atoms with Crippen molar-refractivity contribution < 1.29 is 14.3 Å². The summed E-state index contributed by atoms with van der Waals surface area (Å²) in [5, 5.41) is 6.46. The molecule has 0 spiro atoms. The zero-order valence-corrected chi connectivity index (χ0v) is 18.7. The number of hydrogen-bond donors (Lipinski definition) is 2. The third-order valence-electron chi connectivity index (χ3n) is 4.75. The van der Waals surface area contributed by atoms with E-state index in [1.54, 1.807) is 11.9 Å². The highest BCUT2D eigenvalue weighted by atomic mass is 16.6. The van der Waals surface area contributed by atoms with Crippen LogP contribution in [0.15, 0.2) is 4.99 Å². The molecule has 1 aliphatic carbocycles. The summed E-state index contributed by atoms with van der Waals surface area (Å²) in [6.45, 7) is 9.77. The Morgan fingerprint density at radius 1 is 1.11 bits per heavy atom. The fourth-order valence-electron chi connectivity index (χ4n) is 3.31. The number of rotatable bonds is 7. The van der Waals surface area contributed by atoms with E-state index < -0.39 is 5.60 Å². The largest absolute Gasteiger partial charge is 0.444 e. The predicted molar refractivity (Wildman–Crippen MR) is 112 cm³/mol. The molecular formula is C20H39N5O3. The highest BCUT2D eigenvalue weighted by molar-refractivity contribution is 5.84. The maximum absolute atomic E-state index is 12.7. The lowest BCUT2D eigenvalue weighted by Crippen LogP contribution is -2.45. The smallest absolute Gasteiger partial charge is 0.410 e. The first-order valence-corrected chi connectivity index (χ1v) is 10.2. The second-order valence-electron chi connectivity index (χ2n) is 8.71. The molecule has 1 rings (SSSR count). The van der Waals surface area contributed by atoms with Crippen LogP contribution in [0, 0.1) is 5.41 Å². The zero-order chi connectivity index (χ0) is 21.4. The molecule has 0 bridgehead atoms. The molecule has 0 unspecified atom stereocenters. The van der Waals surface area contributed by atoms with Gasteiger partial charge in [0.25, 0.3) is 0 Å². The van der Waals surface area contributed by atoms with Gasteiger partial charge < -0.3 is 25.2 Å². The van der Waals surface area contributed by atoms with Gasteiger partial charge in [0, 0.05) is 40.8 Å². The molecule has 0 aromatic carbocycles. The minimum atomic E-state index is -0.510. The van der Waals surface area contributed by atoms with Crippen LogP contribution in [0.25, 0.3) is 0 Å².